The Labute approximate surface area is 151 Å². The topological polar surface area (TPSA) is 51.0 Å². The minimum atomic E-state index is -0.280. The summed E-state index contributed by atoms with van der Waals surface area (Å²) in [4.78, 5) is 14.7. The van der Waals surface area contributed by atoms with Crippen LogP contribution in [0.3, 0.4) is 0 Å². The summed E-state index contributed by atoms with van der Waals surface area (Å²) in [6.45, 7) is 3.62. The fraction of sp³-hybridized carbons (Fsp3) is 0.500. The van der Waals surface area contributed by atoms with Gasteiger partial charge in [-0.15, -0.1) is 10.2 Å². The number of carbonyl (C=O) groups is 1. The standard InChI is InChI=1S/C18H23FN4OS/c1-13(17(24)23-11-5-3-4-6-12-23)25-18-21-20-16(22(18)2)14-7-9-15(19)10-8-14/h7-10,13H,3-6,11-12H2,1-2H3/t13-/m1/s1. The molecule has 0 radical (unpaired) electrons. The predicted molar refractivity (Wildman–Crippen MR) is 96.8 cm³/mol. The first-order chi connectivity index (χ1) is 12.1. The molecular formula is C18H23FN4OS. The van der Waals surface area contributed by atoms with Crippen LogP contribution in [0, 0.1) is 5.82 Å². The zero-order chi connectivity index (χ0) is 17.8. The van der Waals surface area contributed by atoms with Crippen LogP contribution in [0.1, 0.15) is 32.6 Å². The molecule has 1 saturated heterocycles. The molecule has 3 rings (SSSR count). The van der Waals surface area contributed by atoms with E-state index in [2.05, 4.69) is 10.2 Å². The fourth-order valence-corrected chi connectivity index (χ4v) is 3.92. The number of likely N-dealkylation sites (tertiary alicyclic amines) is 1. The zero-order valence-electron chi connectivity index (χ0n) is 14.6. The molecule has 0 bridgehead atoms. The first-order valence-corrected chi connectivity index (χ1v) is 9.55. The molecule has 134 valence electrons. The average Bonchev–Trinajstić information content (AvgIpc) is 2.82. The third-order valence-corrected chi connectivity index (χ3v) is 5.61. The molecule has 0 unspecified atom stereocenters. The lowest BCUT2D eigenvalue weighted by Crippen LogP contribution is -2.37. The van der Waals surface area contributed by atoms with Crippen molar-refractivity contribution in [1.82, 2.24) is 19.7 Å². The van der Waals surface area contributed by atoms with Crippen molar-refractivity contribution in [2.45, 2.75) is 43.0 Å². The number of nitrogens with zero attached hydrogens (tertiary/aromatic N) is 4. The maximum Gasteiger partial charge on any atom is 0.235 e. The number of rotatable bonds is 4. The molecule has 2 aromatic rings. The van der Waals surface area contributed by atoms with Gasteiger partial charge in [0.05, 0.1) is 5.25 Å². The molecule has 1 aromatic heterocycles. The van der Waals surface area contributed by atoms with E-state index in [0.29, 0.717) is 11.0 Å². The van der Waals surface area contributed by atoms with Gasteiger partial charge in [-0.3, -0.25) is 4.79 Å². The SMILES string of the molecule is C[C@@H](Sc1nnc(-c2ccc(F)cc2)n1C)C(=O)N1CCCCCC1. The Morgan fingerprint density at radius 1 is 1.12 bits per heavy atom. The van der Waals surface area contributed by atoms with Gasteiger partial charge in [-0.2, -0.15) is 0 Å². The summed E-state index contributed by atoms with van der Waals surface area (Å²) < 4.78 is 14.9. The van der Waals surface area contributed by atoms with Gasteiger partial charge in [0.1, 0.15) is 5.82 Å². The van der Waals surface area contributed by atoms with Gasteiger partial charge in [-0.05, 0) is 44.0 Å². The van der Waals surface area contributed by atoms with E-state index in [9.17, 15) is 9.18 Å². The highest BCUT2D eigenvalue weighted by atomic mass is 32.2. The van der Waals surface area contributed by atoms with E-state index < -0.39 is 0 Å². The van der Waals surface area contributed by atoms with Crippen molar-refractivity contribution >= 4 is 17.7 Å². The minimum absolute atomic E-state index is 0.165. The molecule has 1 aromatic carbocycles. The van der Waals surface area contributed by atoms with Crippen LogP contribution in [0.25, 0.3) is 11.4 Å². The van der Waals surface area contributed by atoms with Crippen LogP contribution in [0.5, 0.6) is 0 Å². The van der Waals surface area contributed by atoms with E-state index in [1.165, 1.54) is 36.7 Å². The normalized spacial score (nSPS) is 16.5. The molecule has 2 heterocycles. The number of benzene rings is 1. The minimum Gasteiger partial charge on any atom is -0.342 e. The van der Waals surface area contributed by atoms with E-state index in [1.54, 1.807) is 12.1 Å². The smallest absolute Gasteiger partial charge is 0.235 e. The first kappa shape index (κ1) is 17.9. The van der Waals surface area contributed by atoms with Crippen molar-refractivity contribution in [2.24, 2.45) is 7.05 Å². The van der Waals surface area contributed by atoms with E-state index in [0.717, 1.165) is 31.5 Å². The maximum atomic E-state index is 13.1. The number of hydrogen-bond donors (Lipinski definition) is 0. The van der Waals surface area contributed by atoms with Crippen molar-refractivity contribution in [2.75, 3.05) is 13.1 Å². The van der Waals surface area contributed by atoms with Crippen LogP contribution in [-0.2, 0) is 11.8 Å². The zero-order valence-corrected chi connectivity index (χ0v) is 15.4. The first-order valence-electron chi connectivity index (χ1n) is 8.67. The largest absolute Gasteiger partial charge is 0.342 e. The van der Waals surface area contributed by atoms with Gasteiger partial charge in [0.15, 0.2) is 11.0 Å². The van der Waals surface area contributed by atoms with Crippen molar-refractivity contribution in [1.29, 1.82) is 0 Å². The van der Waals surface area contributed by atoms with Crippen LogP contribution >= 0.6 is 11.8 Å². The summed E-state index contributed by atoms with van der Waals surface area (Å²) in [5.74, 6) is 0.548. The summed E-state index contributed by atoms with van der Waals surface area (Å²) in [6, 6.07) is 6.17. The third kappa shape index (κ3) is 4.21. The van der Waals surface area contributed by atoms with Gasteiger partial charge in [0.2, 0.25) is 5.91 Å². The second-order valence-corrected chi connectivity index (χ2v) is 7.68. The van der Waals surface area contributed by atoms with Crippen molar-refractivity contribution in [3.63, 3.8) is 0 Å². The van der Waals surface area contributed by atoms with E-state index in [4.69, 9.17) is 0 Å². The lowest BCUT2D eigenvalue weighted by atomic mass is 10.2. The van der Waals surface area contributed by atoms with Crippen molar-refractivity contribution in [3.8, 4) is 11.4 Å². The summed E-state index contributed by atoms with van der Waals surface area (Å²) in [5, 5.41) is 8.90. The molecule has 25 heavy (non-hydrogen) atoms. The Morgan fingerprint density at radius 3 is 2.40 bits per heavy atom. The number of amides is 1. The average molecular weight is 362 g/mol. The van der Waals surface area contributed by atoms with Crippen LogP contribution < -0.4 is 0 Å². The summed E-state index contributed by atoms with van der Waals surface area (Å²) in [7, 11) is 1.87. The van der Waals surface area contributed by atoms with Gasteiger partial charge < -0.3 is 9.47 Å². The Morgan fingerprint density at radius 2 is 1.76 bits per heavy atom. The molecule has 1 atom stereocenters. The van der Waals surface area contributed by atoms with E-state index in [1.807, 2.05) is 23.4 Å². The van der Waals surface area contributed by atoms with Crippen LogP contribution in [0.4, 0.5) is 4.39 Å². The highest BCUT2D eigenvalue weighted by Gasteiger charge is 2.24. The molecule has 0 N–H and O–H groups in total. The second kappa shape index (κ2) is 7.99. The number of carbonyl (C=O) groups excluding carboxylic acids is 1. The molecule has 0 aliphatic carbocycles. The summed E-state index contributed by atoms with van der Waals surface area (Å²) in [6.07, 6.45) is 4.58. The number of thioether (sulfide) groups is 1. The van der Waals surface area contributed by atoms with Crippen molar-refractivity contribution in [3.05, 3.63) is 30.1 Å². The monoisotopic (exact) mass is 362 g/mol. The lowest BCUT2D eigenvalue weighted by molar-refractivity contribution is -0.130. The van der Waals surface area contributed by atoms with Gasteiger partial charge in [-0.25, -0.2) is 4.39 Å². The van der Waals surface area contributed by atoms with Crippen LogP contribution in [0.15, 0.2) is 29.4 Å². The molecule has 1 aliphatic heterocycles. The molecule has 0 saturated carbocycles. The number of hydrogen-bond acceptors (Lipinski definition) is 4. The quantitative estimate of drug-likeness (QED) is 0.781. The molecule has 1 fully saturated rings. The summed E-state index contributed by atoms with van der Waals surface area (Å²) in [5.41, 5.74) is 0.801. The van der Waals surface area contributed by atoms with E-state index >= 15 is 0 Å². The third-order valence-electron chi connectivity index (χ3n) is 4.49. The van der Waals surface area contributed by atoms with Crippen molar-refractivity contribution < 1.29 is 9.18 Å². The molecule has 7 heteroatoms. The Balaban J connectivity index is 1.70. The van der Waals surface area contributed by atoms with Gasteiger partial charge in [0, 0.05) is 25.7 Å². The molecule has 1 amide bonds. The lowest BCUT2D eigenvalue weighted by Gasteiger charge is -2.23. The van der Waals surface area contributed by atoms with Gasteiger partial charge in [-0.1, -0.05) is 24.6 Å². The molecular weight excluding hydrogens is 339 g/mol. The highest BCUT2D eigenvalue weighted by molar-refractivity contribution is 8.00. The van der Waals surface area contributed by atoms with Crippen LogP contribution in [-0.4, -0.2) is 43.9 Å². The fourth-order valence-electron chi connectivity index (χ4n) is 3.02. The summed E-state index contributed by atoms with van der Waals surface area (Å²) >= 11 is 1.42. The Hall–Kier alpha value is -1.89. The van der Waals surface area contributed by atoms with E-state index in [-0.39, 0.29) is 17.0 Å². The Bertz CT molecular complexity index is 723. The number of aromatic nitrogens is 3. The highest BCUT2D eigenvalue weighted by Crippen LogP contribution is 2.27. The molecule has 5 nitrogen and oxygen atoms in total. The van der Waals surface area contributed by atoms with Gasteiger partial charge >= 0.3 is 0 Å². The second-order valence-electron chi connectivity index (χ2n) is 6.37. The molecule has 1 aliphatic rings. The Kier molecular flexibility index (Phi) is 5.73. The van der Waals surface area contributed by atoms with Gasteiger partial charge in [0.25, 0.3) is 0 Å². The molecule has 0 spiro atoms. The predicted octanol–water partition coefficient (Wildman–Crippen LogP) is 3.50. The maximum absolute atomic E-state index is 13.1. The number of halogens is 1. The van der Waals surface area contributed by atoms with Crippen LogP contribution in [0.2, 0.25) is 0 Å².